The Kier molecular flexibility index (Phi) is 3.12. The Hall–Kier alpha value is -1.66. The second-order valence-electron chi connectivity index (χ2n) is 3.78. The first-order valence-corrected chi connectivity index (χ1v) is 6.57. The van der Waals surface area contributed by atoms with Crippen molar-refractivity contribution in [2.24, 2.45) is 0 Å². The molecule has 2 heterocycles. The Bertz CT molecular complexity index is 759. The molecule has 0 bridgehead atoms. The standard InChI is InChI=1S/C12H8BrClN4O/c1-19-7-2-3-9(13)8(6-7)11-16-17-12-10(14)15-4-5-18(11)12/h2-6H,1H3. The second kappa shape index (κ2) is 4.79. The van der Waals surface area contributed by atoms with Crippen LogP contribution in [0.25, 0.3) is 17.0 Å². The molecule has 0 amide bonds. The van der Waals surface area contributed by atoms with Gasteiger partial charge in [-0.3, -0.25) is 4.40 Å². The van der Waals surface area contributed by atoms with Gasteiger partial charge in [-0.2, -0.15) is 0 Å². The molecule has 0 radical (unpaired) electrons. The molecule has 0 aliphatic carbocycles. The number of fused-ring (bicyclic) bond motifs is 1. The van der Waals surface area contributed by atoms with Gasteiger partial charge in [0.25, 0.3) is 0 Å². The van der Waals surface area contributed by atoms with Crippen LogP contribution in [-0.4, -0.2) is 26.7 Å². The fraction of sp³-hybridized carbons (Fsp3) is 0.0833. The van der Waals surface area contributed by atoms with Crippen molar-refractivity contribution in [2.45, 2.75) is 0 Å². The van der Waals surface area contributed by atoms with Crippen LogP contribution in [0.1, 0.15) is 0 Å². The van der Waals surface area contributed by atoms with Crippen molar-refractivity contribution < 1.29 is 4.74 Å². The summed E-state index contributed by atoms with van der Waals surface area (Å²) in [5.41, 5.74) is 1.39. The van der Waals surface area contributed by atoms with Crippen molar-refractivity contribution >= 4 is 33.2 Å². The Labute approximate surface area is 122 Å². The lowest BCUT2D eigenvalue weighted by molar-refractivity contribution is 0.415. The Morgan fingerprint density at radius 3 is 2.95 bits per heavy atom. The summed E-state index contributed by atoms with van der Waals surface area (Å²) >= 11 is 9.49. The van der Waals surface area contributed by atoms with E-state index in [1.807, 2.05) is 18.2 Å². The summed E-state index contributed by atoms with van der Waals surface area (Å²) in [6, 6.07) is 5.65. The number of methoxy groups -OCH3 is 1. The maximum atomic E-state index is 5.99. The Morgan fingerprint density at radius 1 is 1.32 bits per heavy atom. The normalized spacial score (nSPS) is 10.9. The van der Waals surface area contributed by atoms with Crippen molar-refractivity contribution in [3.05, 3.63) is 40.2 Å². The van der Waals surface area contributed by atoms with Crippen LogP contribution in [0.4, 0.5) is 0 Å². The molecule has 1 aromatic carbocycles. The second-order valence-corrected chi connectivity index (χ2v) is 4.99. The minimum atomic E-state index is 0.320. The van der Waals surface area contributed by atoms with Gasteiger partial charge in [0.05, 0.1) is 7.11 Å². The largest absolute Gasteiger partial charge is 0.497 e. The molecule has 7 heteroatoms. The molecule has 0 saturated heterocycles. The number of benzene rings is 1. The molecule has 2 aromatic heterocycles. The van der Waals surface area contributed by atoms with Gasteiger partial charge in [-0.15, -0.1) is 10.2 Å². The predicted octanol–water partition coefficient (Wildman–Crippen LogP) is 3.22. The summed E-state index contributed by atoms with van der Waals surface area (Å²) in [7, 11) is 1.62. The molecule has 19 heavy (non-hydrogen) atoms. The molecule has 0 atom stereocenters. The van der Waals surface area contributed by atoms with Crippen molar-refractivity contribution in [1.29, 1.82) is 0 Å². The van der Waals surface area contributed by atoms with Crippen LogP contribution in [-0.2, 0) is 0 Å². The number of nitrogens with zero attached hydrogens (tertiary/aromatic N) is 4. The van der Waals surface area contributed by atoms with Gasteiger partial charge in [0.2, 0.25) is 0 Å². The lowest BCUT2D eigenvalue weighted by Gasteiger charge is -2.06. The number of hydrogen-bond donors (Lipinski definition) is 0. The lowest BCUT2D eigenvalue weighted by atomic mass is 10.2. The fourth-order valence-corrected chi connectivity index (χ4v) is 2.39. The molecule has 5 nitrogen and oxygen atoms in total. The Balaban J connectivity index is 2.27. The first-order valence-electron chi connectivity index (χ1n) is 5.40. The summed E-state index contributed by atoms with van der Waals surface area (Å²) in [4.78, 5) is 3.98. The summed E-state index contributed by atoms with van der Waals surface area (Å²) in [5.74, 6) is 1.42. The highest BCUT2D eigenvalue weighted by molar-refractivity contribution is 9.10. The van der Waals surface area contributed by atoms with Gasteiger partial charge in [-0.25, -0.2) is 4.98 Å². The molecule has 0 aliphatic heterocycles. The molecule has 3 rings (SSSR count). The third-order valence-corrected chi connectivity index (χ3v) is 3.66. The molecule has 0 aliphatic rings. The average molecular weight is 340 g/mol. The zero-order valence-electron chi connectivity index (χ0n) is 9.84. The van der Waals surface area contributed by atoms with Gasteiger partial charge in [0.15, 0.2) is 16.6 Å². The maximum absolute atomic E-state index is 5.99. The molecule has 0 unspecified atom stereocenters. The predicted molar refractivity (Wildman–Crippen MR) is 75.5 cm³/mol. The van der Waals surface area contributed by atoms with Crippen molar-refractivity contribution in [3.8, 4) is 17.1 Å². The number of ether oxygens (including phenoxy) is 1. The monoisotopic (exact) mass is 338 g/mol. The molecular weight excluding hydrogens is 332 g/mol. The van der Waals surface area contributed by atoms with E-state index in [0.29, 0.717) is 16.6 Å². The van der Waals surface area contributed by atoms with E-state index >= 15 is 0 Å². The first-order chi connectivity index (χ1) is 9.20. The molecular formula is C12H8BrClN4O. The molecule has 3 aromatic rings. The molecule has 0 N–H and O–H groups in total. The van der Waals surface area contributed by atoms with E-state index in [0.717, 1.165) is 15.8 Å². The van der Waals surface area contributed by atoms with Gasteiger partial charge in [0, 0.05) is 22.4 Å². The number of hydrogen-bond acceptors (Lipinski definition) is 4. The van der Waals surface area contributed by atoms with E-state index in [-0.39, 0.29) is 0 Å². The topological polar surface area (TPSA) is 52.3 Å². The molecule has 0 saturated carbocycles. The van der Waals surface area contributed by atoms with Crippen LogP contribution >= 0.6 is 27.5 Å². The minimum absolute atomic E-state index is 0.320. The zero-order valence-corrected chi connectivity index (χ0v) is 12.2. The molecule has 96 valence electrons. The van der Waals surface area contributed by atoms with Crippen LogP contribution in [0, 0.1) is 0 Å². The van der Waals surface area contributed by atoms with Crippen LogP contribution in [0.2, 0.25) is 5.15 Å². The summed E-state index contributed by atoms with van der Waals surface area (Å²) in [6.45, 7) is 0. The SMILES string of the molecule is COc1ccc(Br)c(-c2nnc3c(Cl)nccn23)c1. The average Bonchev–Trinajstić information content (AvgIpc) is 2.85. The fourth-order valence-electron chi connectivity index (χ4n) is 1.78. The number of aromatic nitrogens is 4. The summed E-state index contributed by atoms with van der Waals surface area (Å²) in [5, 5.41) is 8.53. The van der Waals surface area contributed by atoms with Crippen LogP contribution < -0.4 is 4.74 Å². The quantitative estimate of drug-likeness (QED) is 0.719. The minimum Gasteiger partial charge on any atom is -0.497 e. The summed E-state index contributed by atoms with van der Waals surface area (Å²) < 4.78 is 7.91. The Morgan fingerprint density at radius 2 is 2.16 bits per heavy atom. The van der Waals surface area contributed by atoms with E-state index in [9.17, 15) is 0 Å². The van der Waals surface area contributed by atoms with Gasteiger partial charge < -0.3 is 4.74 Å². The smallest absolute Gasteiger partial charge is 0.198 e. The van der Waals surface area contributed by atoms with Crippen molar-refractivity contribution in [2.75, 3.05) is 7.11 Å². The van der Waals surface area contributed by atoms with Gasteiger partial charge in [-0.05, 0) is 18.2 Å². The van der Waals surface area contributed by atoms with E-state index in [4.69, 9.17) is 16.3 Å². The van der Waals surface area contributed by atoms with Crippen LogP contribution in [0.3, 0.4) is 0 Å². The molecule has 0 fully saturated rings. The van der Waals surface area contributed by atoms with Gasteiger partial charge >= 0.3 is 0 Å². The van der Waals surface area contributed by atoms with Gasteiger partial charge in [-0.1, -0.05) is 27.5 Å². The van der Waals surface area contributed by atoms with E-state index in [2.05, 4.69) is 31.1 Å². The molecule has 0 spiro atoms. The third-order valence-electron chi connectivity index (χ3n) is 2.70. The third kappa shape index (κ3) is 2.06. The van der Waals surface area contributed by atoms with Crippen molar-refractivity contribution in [3.63, 3.8) is 0 Å². The maximum Gasteiger partial charge on any atom is 0.198 e. The van der Waals surface area contributed by atoms with E-state index in [1.165, 1.54) is 0 Å². The lowest BCUT2D eigenvalue weighted by Crippen LogP contribution is -1.92. The van der Waals surface area contributed by atoms with E-state index in [1.54, 1.807) is 23.9 Å². The van der Waals surface area contributed by atoms with Crippen LogP contribution in [0.15, 0.2) is 35.1 Å². The number of halogens is 2. The van der Waals surface area contributed by atoms with E-state index < -0.39 is 0 Å². The highest BCUT2D eigenvalue weighted by Gasteiger charge is 2.14. The van der Waals surface area contributed by atoms with Crippen LogP contribution in [0.5, 0.6) is 5.75 Å². The van der Waals surface area contributed by atoms with Crippen molar-refractivity contribution in [1.82, 2.24) is 19.6 Å². The van der Waals surface area contributed by atoms with Gasteiger partial charge in [0.1, 0.15) is 5.75 Å². The first kappa shape index (κ1) is 12.4. The highest BCUT2D eigenvalue weighted by Crippen LogP contribution is 2.31. The number of rotatable bonds is 2. The zero-order chi connectivity index (χ0) is 13.4. The summed E-state index contributed by atoms with van der Waals surface area (Å²) in [6.07, 6.45) is 3.37. The highest BCUT2D eigenvalue weighted by atomic mass is 79.9.